The van der Waals surface area contributed by atoms with Crippen molar-refractivity contribution < 1.29 is 18.4 Å². The number of benzene rings is 3. The van der Waals surface area contributed by atoms with Crippen molar-refractivity contribution in [3.05, 3.63) is 107 Å². The minimum absolute atomic E-state index is 0.162. The minimum atomic E-state index is -0.659. The van der Waals surface area contributed by atoms with Crippen LogP contribution in [-0.4, -0.2) is 17.1 Å². The van der Waals surface area contributed by atoms with Crippen LogP contribution in [0.2, 0.25) is 0 Å². The molecule has 0 aliphatic carbocycles. The number of nitrogens with one attached hydrogen (secondary N) is 1. The monoisotopic (exact) mass is 461 g/mol. The van der Waals surface area contributed by atoms with E-state index in [0.717, 1.165) is 17.3 Å². The Bertz CT molecular complexity index is 1250. The summed E-state index contributed by atoms with van der Waals surface area (Å²) >= 11 is 1.08. The van der Waals surface area contributed by atoms with Crippen LogP contribution in [-0.2, 0) is 16.0 Å². The number of amides is 2. The van der Waals surface area contributed by atoms with Gasteiger partial charge in [0.2, 0.25) is 5.91 Å². The maximum absolute atomic E-state index is 13.5. The van der Waals surface area contributed by atoms with Crippen molar-refractivity contribution in [3.8, 4) is 6.07 Å². The molecule has 1 atom stereocenters. The fourth-order valence-corrected chi connectivity index (χ4v) is 4.67. The summed E-state index contributed by atoms with van der Waals surface area (Å²) in [5, 5.41) is 12.0. The van der Waals surface area contributed by atoms with Crippen molar-refractivity contribution in [2.75, 3.05) is 10.2 Å². The molecule has 0 spiro atoms. The maximum atomic E-state index is 13.5. The van der Waals surface area contributed by atoms with Crippen LogP contribution >= 0.6 is 11.8 Å². The third-order valence-electron chi connectivity index (χ3n) is 4.96. The summed E-state index contributed by atoms with van der Waals surface area (Å²) in [6, 6.07) is 21.6. The van der Waals surface area contributed by atoms with E-state index in [2.05, 4.69) is 5.32 Å². The highest BCUT2D eigenvalue weighted by molar-refractivity contribution is 8.05. The Labute approximate surface area is 193 Å². The topological polar surface area (TPSA) is 73.2 Å². The maximum Gasteiger partial charge on any atom is 0.269 e. The first-order valence-corrected chi connectivity index (χ1v) is 10.9. The molecule has 5 nitrogen and oxygen atoms in total. The summed E-state index contributed by atoms with van der Waals surface area (Å²) in [4.78, 5) is 27.5. The predicted octanol–water partition coefficient (Wildman–Crippen LogP) is 5.03. The number of carbonyl (C=O) groups excluding carboxylic acids is 2. The molecule has 2 amide bonds. The summed E-state index contributed by atoms with van der Waals surface area (Å²) < 4.78 is 26.8. The summed E-state index contributed by atoms with van der Waals surface area (Å²) in [5.74, 6) is -1.88. The molecule has 1 N–H and O–H groups in total. The summed E-state index contributed by atoms with van der Waals surface area (Å²) in [7, 11) is 0. The van der Waals surface area contributed by atoms with E-state index >= 15 is 0 Å². The molecule has 1 fully saturated rings. The van der Waals surface area contributed by atoms with E-state index in [1.165, 1.54) is 41.3 Å². The lowest BCUT2D eigenvalue weighted by Gasteiger charge is -2.18. The molecule has 164 valence electrons. The lowest BCUT2D eigenvalue weighted by Crippen LogP contribution is -2.30. The SMILES string of the molecule is N#CC(C(=O)Nc1ccccc1)=C1SC(Cc2ccc(F)cc2)C(=O)N1c1ccc(F)cc1. The molecule has 1 aliphatic rings. The first-order valence-electron chi connectivity index (χ1n) is 9.97. The van der Waals surface area contributed by atoms with Crippen molar-refractivity contribution in [2.24, 2.45) is 0 Å². The Morgan fingerprint density at radius 1 is 0.970 bits per heavy atom. The highest BCUT2D eigenvalue weighted by atomic mass is 32.2. The van der Waals surface area contributed by atoms with E-state index in [1.807, 2.05) is 6.07 Å². The molecule has 1 aliphatic heterocycles. The lowest BCUT2D eigenvalue weighted by molar-refractivity contribution is -0.117. The third-order valence-corrected chi connectivity index (χ3v) is 6.22. The minimum Gasteiger partial charge on any atom is -0.321 e. The number of nitrogens with zero attached hydrogens (tertiary/aromatic N) is 2. The van der Waals surface area contributed by atoms with E-state index in [1.54, 1.807) is 42.5 Å². The van der Waals surface area contributed by atoms with Crippen LogP contribution in [0.3, 0.4) is 0 Å². The van der Waals surface area contributed by atoms with Gasteiger partial charge in [-0.25, -0.2) is 8.78 Å². The second-order valence-corrected chi connectivity index (χ2v) is 8.39. The summed E-state index contributed by atoms with van der Waals surface area (Å²) in [6.45, 7) is 0. The lowest BCUT2D eigenvalue weighted by atomic mass is 10.1. The van der Waals surface area contributed by atoms with Gasteiger partial charge in [-0.1, -0.05) is 42.1 Å². The van der Waals surface area contributed by atoms with E-state index < -0.39 is 17.0 Å². The van der Waals surface area contributed by atoms with E-state index in [4.69, 9.17) is 0 Å². The van der Waals surface area contributed by atoms with Gasteiger partial charge in [0.15, 0.2) is 0 Å². The Morgan fingerprint density at radius 2 is 1.58 bits per heavy atom. The van der Waals surface area contributed by atoms with Gasteiger partial charge in [0, 0.05) is 11.4 Å². The van der Waals surface area contributed by atoms with Crippen LogP contribution in [0.25, 0.3) is 0 Å². The Kier molecular flexibility index (Phi) is 6.52. The van der Waals surface area contributed by atoms with Gasteiger partial charge in [0.05, 0.1) is 5.25 Å². The van der Waals surface area contributed by atoms with Crippen LogP contribution in [0.15, 0.2) is 89.5 Å². The van der Waals surface area contributed by atoms with Crippen molar-refractivity contribution in [1.82, 2.24) is 0 Å². The molecular weight excluding hydrogens is 444 g/mol. The molecule has 0 bridgehead atoms. The number of thioether (sulfide) groups is 1. The Balaban J connectivity index is 1.72. The zero-order valence-electron chi connectivity index (χ0n) is 17.2. The van der Waals surface area contributed by atoms with E-state index in [-0.39, 0.29) is 28.7 Å². The fraction of sp³-hybridized carbons (Fsp3) is 0.0800. The van der Waals surface area contributed by atoms with Crippen molar-refractivity contribution in [1.29, 1.82) is 5.26 Å². The zero-order valence-corrected chi connectivity index (χ0v) is 18.0. The molecule has 0 aromatic heterocycles. The van der Waals surface area contributed by atoms with Gasteiger partial charge in [0.1, 0.15) is 28.3 Å². The van der Waals surface area contributed by atoms with Crippen LogP contribution in [0, 0.1) is 23.0 Å². The number of rotatable bonds is 5. The molecular formula is C25H17F2N3O2S. The van der Waals surface area contributed by atoms with Crippen LogP contribution < -0.4 is 10.2 Å². The fourth-order valence-electron chi connectivity index (χ4n) is 3.36. The molecule has 3 aromatic carbocycles. The van der Waals surface area contributed by atoms with Gasteiger partial charge < -0.3 is 5.32 Å². The number of nitriles is 1. The van der Waals surface area contributed by atoms with Crippen molar-refractivity contribution in [3.63, 3.8) is 0 Å². The predicted molar refractivity (Wildman–Crippen MR) is 123 cm³/mol. The van der Waals surface area contributed by atoms with Gasteiger partial charge in [-0.3, -0.25) is 14.5 Å². The highest BCUT2D eigenvalue weighted by Crippen LogP contribution is 2.42. The van der Waals surface area contributed by atoms with Crippen molar-refractivity contribution >= 4 is 35.0 Å². The number of hydrogen-bond donors (Lipinski definition) is 1. The molecule has 1 unspecified atom stereocenters. The number of anilines is 2. The molecule has 33 heavy (non-hydrogen) atoms. The average Bonchev–Trinajstić information content (AvgIpc) is 3.12. The second-order valence-electron chi connectivity index (χ2n) is 7.20. The first-order chi connectivity index (χ1) is 16.0. The smallest absolute Gasteiger partial charge is 0.269 e. The van der Waals surface area contributed by atoms with Gasteiger partial charge in [-0.05, 0) is 60.5 Å². The van der Waals surface area contributed by atoms with Crippen molar-refractivity contribution in [2.45, 2.75) is 11.7 Å². The molecule has 3 aromatic rings. The molecule has 4 rings (SSSR count). The largest absolute Gasteiger partial charge is 0.321 e. The third kappa shape index (κ3) is 4.94. The van der Waals surface area contributed by atoms with Crippen LogP contribution in [0.4, 0.5) is 20.2 Å². The average molecular weight is 461 g/mol. The van der Waals surface area contributed by atoms with Gasteiger partial charge in [-0.2, -0.15) is 5.26 Å². The van der Waals surface area contributed by atoms with Gasteiger partial charge in [-0.15, -0.1) is 0 Å². The number of hydrogen-bond acceptors (Lipinski definition) is 4. The van der Waals surface area contributed by atoms with Crippen LogP contribution in [0.5, 0.6) is 0 Å². The number of halogens is 2. The normalized spacial score (nSPS) is 16.9. The van der Waals surface area contributed by atoms with E-state index in [0.29, 0.717) is 11.4 Å². The number of para-hydroxylation sites is 1. The van der Waals surface area contributed by atoms with E-state index in [9.17, 15) is 23.6 Å². The molecule has 0 saturated carbocycles. The first kappa shape index (κ1) is 22.2. The molecule has 8 heteroatoms. The van der Waals surface area contributed by atoms with Gasteiger partial charge in [0.25, 0.3) is 5.91 Å². The molecule has 1 heterocycles. The van der Waals surface area contributed by atoms with Gasteiger partial charge >= 0.3 is 0 Å². The summed E-state index contributed by atoms with van der Waals surface area (Å²) in [6.07, 6.45) is 0.268. The highest BCUT2D eigenvalue weighted by Gasteiger charge is 2.40. The Morgan fingerprint density at radius 3 is 2.18 bits per heavy atom. The number of carbonyl (C=O) groups is 2. The molecule has 0 radical (unpaired) electrons. The Hall–Kier alpha value is -3.96. The summed E-state index contributed by atoms with van der Waals surface area (Å²) in [5.41, 5.74) is 1.34. The second kappa shape index (κ2) is 9.67. The quantitative estimate of drug-likeness (QED) is 0.427. The molecule has 1 saturated heterocycles. The zero-order chi connectivity index (χ0) is 23.4. The standard InChI is InChI=1S/C25H17F2N3O2S/c26-17-8-6-16(7-9-17)14-22-24(32)30(20-12-10-18(27)11-13-20)25(33-22)21(15-28)23(31)29-19-4-2-1-3-5-19/h1-13,22H,14H2,(H,29,31). The van der Waals surface area contributed by atoms with Crippen LogP contribution in [0.1, 0.15) is 5.56 Å².